The predicted molar refractivity (Wildman–Crippen MR) is 137 cm³/mol. The summed E-state index contributed by atoms with van der Waals surface area (Å²) in [5.74, 6) is 3.13. The molecule has 0 N–H and O–H groups in total. The smallest absolute Gasteiger partial charge is 0.169 e. The molecule has 4 nitrogen and oxygen atoms in total. The third kappa shape index (κ3) is 4.86. The van der Waals surface area contributed by atoms with Crippen molar-refractivity contribution in [1.82, 2.24) is 0 Å². The van der Waals surface area contributed by atoms with Crippen LogP contribution in [0.2, 0.25) is 0 Å². The van der Waals surface area contributed by atoms with E-state index in [-0.39, 0.29) is 0 Å². The van der Waals surface area contributed by atoms with Crippen LogP contribution in [0.15, 0.2) is 84.9 Å². The van der Waals surface area contributed by atoms with E-state index in [1.54, 1.807) is 21.3 Å². The first-order valence-corrected chi connectivity index (χ1v) is 11.4. The zero-order valence-electron chi connectivity index (χ0n) is 20.1. The zero-order chi connectivity index (χ0) is 23.9. The topological polar surface area (TPSA) is 36.9 Å². The Balaban J connectivity index is 1.90. The van der Waals surface area contributed by atoms with E-state index in [1.807, 2.05) is 42.5 Å². The average Bonchev–Trinajstić information content (AvgIpc) is 2.91. The van der Waals surface area contributed by atoms with Crippen molar-refractivity contribution in [2.24, 2.45) is 0 Å². The molecular weight excluding hydrogens is 424 g/mol. The molecule has 0 unspecified atom stereocenters. The Labute approximate surface area is 201 Å². The average molecular weight is 455 g/mol. The quantitative estimate of drug-likeness (QED) is 0.268. The first-order chi connectivity index (χ1) is 16.7. The highest BCUT2D eigenvalue weighted by Gasteiger charge is 2.22. The summed E-state index contributed by atoms with van der Waals surface area (Å²) >= 11 is 0. The maximum absolute atomic E-state index is 6.40. The molecule has 0 aliphatic heterocycles. The van der Waals surface area contributed by atoms with Crippen LogP contribution < -0.4 is 18.9 Å². The third-order valence-electron chi connectivity index (χ3n) is 5.90. The van der Waals surface area contributed by atoms with E-state index in [1.165, 1.54) is 0 Å². The van der Waals surface area contributed by atoms with Crippen LogP contribution in [0.3, 0.4) is 0 Å². The van der Waals surface area contributed by atoms with Gasteiger partial charge in [-0.05, 0) is 64.6 Å². The van der Waals surface area contributed by atoms with Crippen molar-refractivity contribution in [1.29, 1.82) is 0 Å². The monoisotopic (exact) mass is 454 g/mol. The number of ether oxygens (including phenoxy) is 4. The lowest BCUT2D eigenvalue weighted by Crippen LogP contribution is -2.03. The summed E-state index contributed by atoms with van der Waals surface area (Å²) in [6.45, 7) is 2.60. The Hall–Kier alpha value is -3.92. The lowest BCUT2D eigenvalue weighted by Gasteiger charge is -2.22. The van der Waals surface area contributed by atoms with Crippen LogP contribution in [0.1, 0.15) is 18.1 Å². The van der Waals surface area contributed by atoms with Crippen LogP contribution in [-0.4, -0.2) is 21.3 Å². The highest BCUT2D eigenvalue weighted by Crippen LogP contribution is 2.48. The molecule has 0 atom stereocenters. The SMILES string of the molecule is CCc1cc(-c2ccc(OC)cc2)c(-c2ccc(OC)cc2)c(OC)c1OCc1ccccc1. The van der Waals surface area contributed by atoms with Crippen molar-refractivity contribution >= 4 is 0 Å². The maximum Gasteiger partial charge on any atom is 0.169 e. The number of methoxy groups -OCH3 is 3. The van der Waals surface area contributed by atoms with Crippen molar-refractivity contribution < 1.29 is 18.9 Å². The van der Waals surface area contributed by atoms with Crippen LogP contribution in [0.5, 0.6) is 23.0 Å². The van der Waals surface area contributed by atoms with Gasteiger partial charge >= 0.3 is 0 Å². The van der Waals surface area contributed by atoms with Gasteiger partial charge in [0.05, 0.1) is 21.3 Å². The highest BCUT2D eigenvalue weighted by molar-refractivity contribution is 5.90. The molecule has 4 aromatic rings. The Morgan fingerprint density at radius 1 is 0.618 bits per heavy atom. The maximum atomic E-state index is 6.40. The Morgan fingerprint density at radius 3 is 1.74 bits per heavy atom. The fourth-order valence-electron chi connectivity index (χ4n) is 4.08. The zero-order valence-corrected chi connectivity index (χ0v) is 20.1. The van der Waals surface area contributed by atoms with E-state index in [4.69, 9.17) is 18.9 Å². The first kappa shape index (κ1) is 23.2. The van der Waals surface area contributed by atoms with Crippen LogP contribution in [0.4, 0.5) is 0 Å². The second kappa shape index (κ2) is 10.8. The van der Waals surface area contributed by atoms with Crippen molar-refractivity contribution in [3.63, 3.8) is 0 Å². The van der Waals surface area contributed by atoms with Gasteiger partial charge < -0.3 is 18.9 Å². The summed E-state index contributed by atoms with van der Waals surface area (Å²) < 4.78 is 23.2. The van der Waals surface area contributed by atoms with E-state index < -0.39 is 0 Å². The van der Waals surface area contributed by atoms with Crippen LogP contribution in [0, 0.1) is 0 Å². The van der Waals surface area contributed by atoms with Gasteiger partial charge in [0.15, 0.2) is 11.5 Å². The first-order valence-electron chi connectivity index (χ1n) is 11.4. The number of hydrogen-bond acceptors (Lipinski definition) is 4. The van der Waals surface area contributed by atoms with E-state index in [9.17, 15) is 0 Å². The van der Waals surface area contributed by atoms with Crippen molar-refractivity contribution in [2.75, 3.05) is 21.3 Å². The molecular formula is C30H30O4. The lowest BCUT2D eigenvalue weighted by atomic mass is 9.90. The minimum absolute atomic E-state index is 0.466. The van der Waals surface area contributed by atoms with E-state index >= 15 is 0 Å². The molecule has 0 amide bonds. The van der Waals surface area contributed by atoms with Gasteiger partial charge in [0, 0.05) is 5.56 Å². The van der Waals surface area contributed by atoms with Gasteiger partial charge in [0.2, 0.25) is 0 Å². The van der Waals surface area contributed by atoms with E-state index in [2.05, 4.69) is 49.4 Å². The molecule has 0 aliphatic rings. The van der Waals surface area contributed by atoms with Crippen LogP contribution >= 0.6 is 0 Å². The van der Waals surface area contributed by atoms with Gasteiger partial charge in [-0.2, -0.15) is 0 Å². The highest BCUT2D eigenvalue weighted by atomic mass is 16.5. The fourth-order valence-corrected chi connectivity index (χ4v) is 4.08. The second-order valence-electron chi connectivity index (χ2n) is 7.91. The molecule has 0 aliphatic carbocycles. The number of benzene rings is 4. The molecule has 0 radical (unpaired) electrons. The molecule has 0 aromatic heterocycles. The molecule has 0 bridgehead atoms. The molecule has 4 rings (SSSR count). The minimum atomic E-state index is 0.466. The summed E-state index contributed by atoms with van der Waals surface area (Å²) in [5, 5.41) is 0. The third-order valence-corrected chi connectivity index (χ3v) is 5.90. The van der Waals surface area contributed by atoms with Crippen LogP contribution in [0.25, 0.3) is 22.3 Å². The fraction of sp³-hybridized carbons (Fsp3) is 0.200. The number of rotatable bonds is 9. The van der Waals surface area contributed by atoms with Crippen molar-refractivity contribution in [3.8, 4) is 45.3 Å². The summed E-state index contributed by atoms with van der Waals surface area (Å²) in [4.78, 5) is 0. The summed E-state index contributed by atoms with van der Waals surface area (Å²) in [5.41, 5.74) is 6.36. The predicted octanol–water partition coefficient (Wildman–Crippen LogP) is 7.19. The Kier molecular flexibility index (Phi) is 7.38. The molecule has 34 heavy (non-hydrogen) atoms. The number of aryl methyl sites for hydroxylation is 1. The molecule has 0 saturated carbocycles. The van der Waals surface area contributed by atoms with Crippen LogP contribution in [-0.2, 0) is 13.0 Å². The molecule has 0 fully saturated rings. The van der Waals surface area contributed by atoms with Gasteiger partial charge in [-0.15, -0.1) is 0 Å². The molecule has 4 heteroatoms. The second-order valence-corrected chi connectivity index (χ2v) is 7.91. The summed E-state index contributed by atoms with van der Waals surface area (Å²) in [6, 6.07) is 28.5. The molecule has 0 spiro atoms. The number of hydrogen-bond donors (Lipinski definition) is 0. The van der Waals surface area contributed by atoms with Gasteiger partial charge in [-0.1, -0.05) is 61.5 Å². The summed E-state index contributed by atoms with van der Waals surface area (Å²) in [7, 11) is 5.05. The lowest BCUT2D eigenvalue weighted by molar-refractivity contribution is 0.282. The van der Waals surface area contributed by atoms with Gasteiger partial charge in [0.1, 0.15) is 18.1 Å². The van der Waals surface area contributed by atoms with E-state index in [0.717, 1.165) is 62.8 Å². The minimum Gasteiger partial charge on any atom is -0.497 e. The van der Waals surface area contributed by atoms with Crippen molar-refractivity contribution in [3.05, 3.63) is 96.1 Å². The molecule has 174 valence electrons. The molecule has 0 heterocycles. The largest absolute Gasteiger partial charge is 0.497 e. The Morgan fingerprint density at radius 2 is 1.21 bits per heavy atom. The normalized spacial score (nSPS) is 10.6. The summed E-state index contributed by atoms with van der Waals surface area (Å²) in [6.07, 6.45) is 0.812. The molecule has 0 saturated heterocycles. The Bertz CT molecular complexity index is 1210. The standard InChI is InChI=1S/C30H30O4/c1-5-22-19-27(23-11-15-25(31-2)16-12-23)28(24-13-17-26(32-3)18-14-24)30(33-4)29(22)34-20-21-9-7-6-8-10-21/h6-19H,5,20H2,1-4H3. The molecule has 4 aromatic carbocycles. The van der Waals surface area contributed by atoms with Gasteiger partial charge in [-0.3, -0.25) is 0 Å². The van der Waals surface area contributed by atoms with Gasteiger partial charge in [0.25, 0.3) is 0 Å². The van der Waals surface area contributed by atoms with Crippen molar-refractivity contribution in [2.45, 2.75) is 20.0 Å². The van der Waals surface area contributed by atoms with E-state index in [0.29, 0.717) is 6.61 Å². The van der Waals surface area contributed by atoms with Gasteiger partial charge in [-0.25, -0.2) is 0 Å².